The van der Waals surface area contributed by atoms with E-state index in [4.69, 9.17) is 21.3 Å². The van der Waals surface area contributed by atoms with E-state index < -0.39 is 36.6 Å². The van der Waals surface area contributed by atoms with Crippen LogP contribution >= 0.6 is 11.8 Å². The Labute approximate surface area is 152 Å². The van der Waals surface area contributed by atoms with E-state index in [9.17, 15) is 15.0 Å². The number of aromatic nitrogens is 4. The van der Waals surface area contributed by atoms with Crippen LogP contribution in [0.3, 0.4) is 0 Å². The summed E-state index contributed by atoms with van der Waals surface area (Å²) in [5.74, 6) is 0.0405. The van der Waals surface area contributed by atoms with E-state index in [-0.39, 0.29) is 5.82 Å². The first-order chi connectivity index (χ1) is 12.4. The van der Waals surface area contributed by atoms with E-state index in [1.165, 1.54) is 29.0 Å². The van der Waals surface area contributed by atoms with Gasteiger partial charge in [-0.3, -0.25) is 9.36 Å². The zero-order chi connectivity index (χ0) is 18.8. The molecule has 0 amide bonds. The standard InChI is InChI=1S/C14H20N6O5S/c15-6(14(23)24)1-2-26-3-7-9(21)10(22)13(25-7)20-5-19-8-11(16)17-4-18-12(8)20/h4-7,9-10,13,21-22H,1-3,15H2,(H,23,24)(H2,16,17,18)/t6-,7-,9?,10+,13-/m1/s1. The first-order valence-corrected chi connectivity index (χ1v) is 9.06. The number of nitrogen functional groups attached to an aromatic ring is 1. The average molecular weight is 384 g/mol. The first kappa shape index (κ1) is 18.8. The summed E-state index contributed by atoms with van der Waals surface area (Å²) in [5, 5.41) is 29.3. The van der Waals surface area contributed by atoms with Crippen LogP contribution in [-0.2, 0) is 9.53 Å². The van der Waals surface area contributed by atoms with E-state index in [0.717, 1.165) is 0 Å². The molecule has 11 nitrogen and oxygen atoms in total. The third-order valence-electron chi connectivity index (χ3n) is 4.17. The highest BCUT2D eigenvalue weighted by Gasteiger charge is 2.44. The summed E-state index contributed by atoms with van der Waals surface area (Å²) in [6.07, 6.45) is -0.747. The average Bonchev–Trinajstić information content (AvgIpc) is 3.15. The van der Waals surface area contributed by atoms with Gasteiger partial charge in [0.05, 0.1) is 12.4 Å². The van der Waals surface area contributed by atoms with Crippen molar-refractivity contribution < 1.29 is 24.9 Å². The fourth-order valence-electron chi connectivity index (χ4n) is 2.69. The Morgan fingerprint density at radius 1 is 1.35 bits per heavy atom. The molecule has 1 aliphatic rings. The summed E-state index contributed by atoms with van der Waals surface area (Å²) in [4.78, 5) is 22.8. The maximum Gasteiger partial charge on any atom is 0.320 e. The van der Waals surface area contributed by atoms with Crippen molar-refractivity contribution in [3.63, 3.8) is 0 Å². The van der Waals surface area contributed by atoms with Gasteiger partial charge in [-0.2, -0.15) is 11.8 Å². The van der Waals surface area contributed by atoms with Crippen LogP contribution in [0.2, 0.25) is 0 Å². The maximum atomic E-state index is 10.7. The van der Waals surface area contributed by atoms with Crippen LogP contribution in [0.5, 0.6) is 0 Å². The Hall–Kier alpha value is -1.99. The van der Waals surface area contributed by atoms with Crippen LogP contribution in [-0.4, -0.2) is 76.7 Å². The number of aliphatic hydroxyl groups is 2. The molecule has 12 heteroatoms. The fraction of sp³-hybridized carbons (Fsp3) is 0.571. The van der Waals surface area contributed by atoms with Crippen molar-refractivity contribution in [2.45, 2.75) is 37.0 Å². The molecule has 1 fully saturated rings. The molecule has 5 atom stereocenters. The Morgan fingerprint density at radius 3 is 2.85 bits per heavy atom. The monoisotopic (exact) mass is 384 g/mol. The number of imidazole rings is 1. The van der Waals surface area contributed by atoms with E-state index in [0.29, 0.717) is 29.1 Å². The van der Waals surface area contributed by atoms with Gasteiger partial charge in [-0.05, 0) is 12.2 Å². The van der Waals surface area contributed by atoms with E-state index in [1.54, 1.807) is 0 Å². The van der Waals surface area contributed by atoms with Crippen molar-refractivity contribution in [3.05, 3.63) is 12.7 Å². The molecule has 1 aliphatic heterocycles. The molecular formula is C14H20N6O5S. The number of carbonyl (C=O) groups is 1. The molecule has 1 saturated heterocycles. The Morgan fingerprint density at radius 2 is 2.12 bits per heavy atom. The van der Waals surface area contributed by atoms with Gasteiger partial charge >= 0.3 is 5.97 Å². The van der Waals surface area contributed by atoms with Crippen LogP contribution in [0.15, 0.2) is 12.7 Å². The van der Waals surface area contributed by atoms with Crippen molar-refractivity contribution in [1.82, 2.24) is 19.5 Å². The van der Waals surface area contributed by atoms with Crippen LogP contribution in [0.1, 0.15) is 12.6 Å². The van der Waals surface area contributed by atoms with Gasteiger partial charge in [0.15, 0.2) is 17.7 Å². The first-order valence-electron chi connectivity index (χ1n) is 7.91. The number of nitrogens with two attached hydrogens (primary N) is 2. The smallest absolute Gasteiger partial charge is 0.320 e. The molecule has 7 N–H and O–H groups in total. The van der Waals surface area contributed by atoms with Crippen LogP contribution < -0.4 is 11.5 Å². The molecule has 3 heterocycles. The number of thioether (sulfide) groups is 1. The van der Waals surface area contributed by atoms with E-state index in [1.807, 2.05) is 0 Å². The van der Waals surface area contributed by atoms with Gasteiger partial charge in [0.1, 0.15) is 30.1 Å². The van der Waals surface area contributed by atoms with E-state index in [2.05, 4.69) is 15.0 Å². The molecule has 0 saturated carbocycles. The van der Waals surface area contributed by atoms with Gasteiger partial charge in [-0.1, -0.05) is 0 Å². The van der Waals surface area contributed by atoms with Crippen LogP contribution in [0, 0.1) is 0 Å². The second kappa shape index (κ2) is 7.72. The minimum Gasteiger partial charge on any atom is -0.480 e. The second-order valence-corrected chi connectivity index (χ2v) is 7.09. The van der Waals surface area contributed by atoms with E-state index >= 15 is 0 Å². The number of ether oxygens (including phenoxy) is 1. The highest BCUT2D eigenvalue weighted by atomic mass is 32.2. The summed E-state index contributed by atoms with van der Waals surface area (Å²) >= 11 is 1.40. The Kier molecular flexibility index (Phi) is 5.58. The summed E-state index contributed by atoms with van der Waals surface area (Å²) in [5.41, 5.74) is 12.0. The minimum atomic E-state index is -1.17. The summed E-state index contributed by atoms with van der Waals surface area (Å²) in [6, 6.07) is -0.919. The fourth-order valence-corrected chi connectivity index (χ4v) is 3.78. The zero-order valence-corrected chi connectivity index (χ0v) is 14.5. The molecule has 2 aromatic rings. The number of nitrogens with zero attached hydrogens (tertiary/aromatic N) is 4. The molecule has 0 spiro atoms. The number of carboxylic acids is 1. The van der Waals surface area contributed by atoms with Crippen molar-refractivity contribution in [2.24, 2.45) is 5.73 Å². The number of aliphatic carboxylic acids is 1. The third kappa shape index (κ3) is 3.59. The third-order valence-corrected chi connectivity index (χ3v) is 5.26. The number of hydrogen-bond acceptors (Lipinski definition) is 10. The lowest BCUT2D eigenvalue weighted by atomic mass is 10.1. The topological polar surface area (TPSA) is 183 Å². The SMILES string of the molecule is Nc1ncnc2c1ncn2[C@@H]1O[C@H](CSCC[C@@H](N)C(=O)O)C(O)[C@@H]1O. The molecule has 0 aliphatic carbocycles. The minimum absolute atomic E-state index is 0.212. The summed E-state index contributed by atoms with van der Waals surface area (Å²) < 4.78 is 7.29. The largest absolute Gasteiger partial charge is 0.480 e. The highest BCUT2D eigenvalue weighted by molar-refractivity contribution is 7.99. The Balaban J connectivity index is 1.64. The number of aliphatic hydroxyl groups excluding tert-OH is 2. The number of rotatable bonds is 7. The molecule has 1 unspecified atom stereocenters. The molecule has 0 aromatic carbocycles. The highest BCUT2D eigenvalue weighted by Crippen LogP contribution is 2.33. The number of carboxylic acid groups (broad SMARTS) is 1. The Bertz CT molecular complexity index is 788. The second-order valence-electron chi connectivity index (χ2n) is 5.94. The molecular weight excluding hydrogens is 364 g/mol. The van der Waals surface area contributed by atoms with Gasteiger partial charge in [0.25, 0.3) is 0 Å². The van der Waals surface area contributed by atoms with Gasteiger partial charge in [0.2, 0.25) is 0 Å². The molecule has 3 rings (SSSR count). The lowest BCUT2D eigenvalue weighted by Gasteiger charge is -2.16. The van der Waals surface area contributed by atoms with Gasteiger partial charge in [0, 0.05) is 5.75 Å². The van der Waals surface area contributed by atoms with Crippen molar-refractivity contribution in [1.29, 1.82) is 0 Å². The van der Waals surface area contributed by atoms with Crippen molar-refractivity contribution >= 4 is 34.7 Å². The lowest BCUT2D eigenvalue weighted by Crippen LogP contribution is -2.33. The predicted octanol–water partition coefficient (Wildman–Crippen LogP) is -1.44. The summed E-state index contributed by atoms with van der Waals surface area (Å²) in [7, 11) is 0. The lowest BCUT2D eigenvalue weighted by molar-refractivity contribution is -0.138. The van der Waals surface area contributed by atoms with Gasteiger partial charge in [-0.15, -0.1) is 0 Å². The number of hydrogen-bond donors (Lipinski definition) is 5. The van der Waals surface area contributed by atoms with Crippen molar-refractivity contribution in [2.75, 3.05) is 17.2 Å². The van der Waals surface area contributed by atoms with Crippen molar-refractivity contribution in [3.8, 4) is 0 Å². The predicted molar refractivity (Wildman–Crippen MR) is 93.2 cm³/mol. The summed E-state index contributed by atoms with van der Waals surface area (Å²) in [6.45, 7) is 0. The number of anilines is 1. The molecule has 0 radical (unpaired) electrons. The van der Waals surface area contributed by atoms with Gasteiger partial charge in [-0.25, -0.2) is 15.0 Å². The molecule has 142 valence electrons. The molecule has 2 aromatic heterocycles. The number of fused-ring (bicyclic) bond motifs is 1. The van der Waals surface area contributed by atoms with Crippen LogP contribution in [0.25, 0.3) is 11.2 Å². The van der Waals surface area contributed by atoms with Gasteiger partial charge < -0.3 is 31.5 Å². The normalized spacial score (nSPS) is 27.0. The zero-order valence-electron chi connectivity index (χ0n) is 13.7. The molecule has 26 heavy (non-hydrogen) atoms. The maximum absolute atomic E-state index is 10.7. The quantitative estimate of drug-likeness (QED) is 0.352. The van der Waals surface area contributed by atoms with Crippen LogP contribution in [0.4, 0.5) is 5.82 Å². The molecule has 0 bridgehead atoms.